The number of sulfonamides is 1. The van der Waals surface area contributed by atoms with Gasteiger partial charge in [0.25, 0.3) is 10.0 Å². The third kappa shape index (κ3) is 8.36. The van der Waals surface area contributed by atoms with Gasteiger partial charge < -0.3 is 10.2 Å². The molecule has 4 aromatic carbocycles. The first kappa shape index (κ1) is 33.2. The zero-order chi connectivity index (χ0) is 32.5. The van der Waals surface area contributed by atoms with Gasteiger partial charge in [0.15, 0.2) is 0 Å². The van der Waals surface area contributed by atoms with Gasteiger partial charge in [-0.2, -0.15) is 0 Å². The van der Waals surface area contributed by atoms with E-state index in [2.05, 4.69) is 5.32 Å². The second-order valence-corrected chi connectivity index (χ2v) is 14.1. The Morgan fingerprint density at radius 2 is 1.41 bits per heavy atom. The standard InChI is InChI=1S/C37H40ClN3O4S/c1-28-21-23-30(24-22-28)26-40(35(25-29-13-5-2-6-14-29)37(43)39-31-15-7-3-8-16-31)36(42)27-41(34-20-12-11-19-33(34)38)46(44,45)32-17-9-4-10-18-32/h2,4-6,9-14,17-24,31,35H,3,7-8,15-16,25-27H2,1H3,(H,39,43)/t35-/m1/s1. The number of para-hydroxylation sites is 1. The Balaban J connectivity index is 1.56. The van der Waals surface area contributed by atoms with Gasteiger partial charge in [0, 0.05) is 19.0 Å². The van der Waals surface area contributed by atoms with E-state index in [1.54, 1.807) is 42.5 Å². The highest BCUT2D eigenvalue weighted by molar-refractivity contribution is 7.92. The molecule has 0 bridgehead atoms. The largest absolute Gasteiger partial charge is 0.352 e. The molecule has 0 heterocycles. The monoisotopic (exact) mass is 657 g/mol. The number of hydrogen-bond acceptors (Lipinski definition) is 4. The van der Waals surface area contributed by atoms with Crippen LogP contribution in [0.3, 0.4) is 0 Å². The maximum absolute atomic E-state index is 14.6. The number of carbonyl (C=O) groups is 2. The molecule has 1 atom stereocenters. The van der Waals surface area contributed by atoms with Crippen molar-refractivity contribution < 1.29 is 18.0 Å². The first-order valence-electron chi connectivity index (χ1n) is 15.7. The lowest BCUT2D eigenvalue weighted by molar-refractivity contribution is -0.140. The molecule has 5 rings (SSSR count). The van der Waals surface area contributed by atoms with Crippen LogP contribution in [-0.2, 0) is 32.6 Å². The van der Waals surface area contributed by atoms with Gasteiger partial charge in [-0.25, -0.2) is 8.42 Å². The summed E-state index contributed by atoms with van der Waals surface area (Å²) in [5.74, 6) is -0.758. The van der Waals surface area contributed by atoms with Crippen LogP contribution in [-0.4, -0.2) is 43.8 Å². The fraction of sp³-hybridized carbons (Fsp3) is 0.297. The van der Waals surface area contributed by atoms with Crippen molar-refractivity contribution >= 4 is 39.1 Å². The highest BCUT2D eigenvalue weighted by Gasteiger charge is 2.36. The summed E-state index contributed by atoms with van der Waals surface area (Å²) in [5.41, 5.74) is 2.98. The van der Waals surface area contributed by atoms with Crippen LogP contribution >= 0.6 is 11.6 Å². The smallest absolute Gasteiger partial charge is 0.264 e. The fourth-order valence-corrected chi connectivity index (χ4v) is 7.62. The van der Waals surface area contributed by atoms with Crippen molar-refractivity contribution in [3.8, 4) is 0 Å². The summed E-state index contributed by atoms with van der Waals surface area (Å²) in [7, 11) is -4.21. The first-order chi connectivity index (χ1) is 22.2. The van der Waals surface area contributed by atoms with Gasteiger partial charge in [-0.05, 0) is 55.2 Å². The van der Waals surface area contributed by atoms with E-state index in [4.69, 9.17) is 11.6 Å². The molecular weight excluding hydrogens is 618 g/mol. The number of anilines is 1. The number of benzene rings is 4. The normalized spacial score (nSPS) is 14.3. The van der Waals surface area contributed by atoms with Crippen LogP contribution in [0.2, 0.25) is 5.02 Å². The van der Waals surface area contributed by atoms with Gasteiger partial charge in [-0.1, -0.05) is 121 Å². The number of halogens is 1. The second-order valence-electron chi connectivity index (χ2n) is 11.8. The van der Waals surface area contributed by atoms with Crippen molar-refractivity contribution in [1.82, 2.24) is 10.2 Å². The molecule has 1 fully saturated rings. The Bertz CT molecular complexity index is 1710. The van der Waals surface area contributed by atoms with Crippen molar-refractivity contribution in [2.75, 3.05) is 10.8 Å². The molecule has 0 unspecified atom stereocenters. The molecule has 1 aliphatic rings. The number of carbonyl (C=O) groups excluding carboxylic acids is 2. The maximum atomic E-state index is 14.6. The molecule has 1 saturated carbocycles. The topological polar surface area (TPSA) is 86.8 Å². The molecule has 1 N–H and O–H groups in total. The molecular formula is C37H40ClN3O4S. The Kier molecular flexibility index (Phi) is 11.1. The number of nitrogens with zero attached hydrogens (tertiary/aromatic N) is 2. The Hall–Kier alpha value is -4.14. The average molecular weight is 658 g/mol. The molecule has 240 valence electrons. The van der Waals surface area contributed by atoms with Crippen LogP contribution in [0.25, 0.3) is 0 Å². The van der Waals surface area contributed by atoms with E-state index in [9.17, 15) is 18.0 Å². The predicted molar refractivity (Wildman–Crippen MR) is 183 cm³/mol. The van der Waals surface area contributed by atoms with E-state index >= 15 is 0 Å². The van der Waals surface area contributed by atoms with Crippen LogP contribution in [0.15, 0.2) is 114 Å². The van der Waals surface area contributed by atoms with Crippen LogP contribution < -0.4 is 9.62 Å². The minimum absolute atomic E-state index is 0.0312. The van der Waals surface area contributed by atoms with E-state index in [1.165, 1.54) is 17.0 Å². The zero-order valence-electron chi connectivity index (χ0n) is 26.0. The van der Waals surface area contributed by atoms with Gasteiger partial charge >= 0.3 is 0 Å². The summed E-state index contributed by atoms with van der Waals surface area (Å²) in [6.07, 6.45) is 5.30. The van der Waals surface area contributed by atoms with E-state index in [-0.39, 0.29) is 40.5 Å². The van der Waals surface area contributed by atoms with Gasteiger partial charge in [0.2, 0.25) is 11.8 Å². The van der Waals surface area contributed by atoms with E-state index < -0.39 is 28.5 Å². The Morgan fingerprint density at radius 1 is 0.804 bits per heavy atom. The number of rotatable bonds is 12. The first-order valence-corrected chi connectivity index (χ1v) is 17.6. The Labute approximate surface area is 277 Å². The van der Waals surface area contributed by atoms with Crippen LogP contribution in [0.5, 0.6) is 0 Å². The van der Waals surface area contributed by atoms with Crippen LogP contribution in [0, 0.1) is 6.92 Å². The van der Waals surface area contributed by atoms with Crippen molar-refractivity contribution in [3.05, 3.63) is 131 Å². The van der Waals surface area contributed by atoms with Gasteiger partial charge in [-0.3, -0.25) is 13.9 Å². The number of aryl methyl sites for hydroxylation is 1. The fourth-order valence-electron chi connectivity index (χ4n) is 5.88. The third-order valence-corrected chi connectivity index (χ3v) is 10.5. The lowest BCUT2D eigenvalue weighted by Gasteiger charge is -2.35. The number of nitrogens with one attached hydrogen (secondary N) is 1. The molecule has 0 saturated heterocycles. The molecule has 9 heteroatoms. The summed E-state index contributed by atoms with van der Waals surface area (Å²) in [6.45, 7) is 1.56. The molecule has 2 amide bonds. The minimum Gasteiger partial charge on any atom is -0.352 e. The SMILES string of the molecule is Cc1ccc(CN(C(=O)CN(c2ccccc2Cl)S(=O)(=O)c2ccccc2)[C@H](Cc2ccccc2)C(=O)NC2CCCCC2)cc1. The quantitative estimate of drug-likeness (QED) is 0.179. The highest BCUT2D eigenvalue weighted by Crippen LogP contribution is 2.31. The van der Waals surface area contributed by atoms with Crippen molar-refractivity contribution in [1.29, 1.82) is 0 Å². The molecule has 0 aromatic heterocycles. The molecule has 46 heavy (non-hydrogen) atoms. The molecule has 0 radical (unpaired) electrons. The Morgan fingerprint density at radius 3 is 2.07 bits per heavy atom. The molecule has 0 spiro atoms. The summed E-state index contributed by atoms with van der Waals surface area (Å²) in [4.78, 5) is 30.3. The van der Waals surface area contributed by atoms with Gasteiger partial charge in [0.1, 0.15) is 12.6 Å². The highest BCUT2D eigenvalue weighted by atomic mass is 35.5. The molecule has 4 aromatic rings. The predicted octanol–water partition coefficient (Wildman–Crippen LogP) is 6.93. The van der Waals surface area contributed by atoms with Crippen LogP contribution in [0.4, 0.5) is 5.69 Å². The maximum Gasteiger partial charge on any atom is 0.264 e. The second kappa shape index (κ2) is 15.4. The van der Waals surface area contributed by atoms with Crippen molar-refractivity contribution in [3.63, 3.8) is 0 Å². The summed E-state index contributed by atoms with van der Waals surface area (Å²) < 4.78 is 29.3. The van der Waals surface area contributed by atoms with Gasteiger partial charge in [0.05, 0.1) is 15.6 Å². The minimum atomic E-state index is -4.21. The molecule has 0 aliphatic heterocycles. The molecule has 7 nitrogen and oxygen atoms in total. The van der Waals surface area contributed by atoms with Crippen LogP contribution in [0.1, 0.15) is 48.8 Å². The third-order valence-electron chi connectivity index (χ3n) is 8.43. The van der Waals surface area contributed by atoms with E-state index in [0.29, 0.717) is 0 Å². The molecule has 1 aliphatic carbocycles. The number of hydrogen-bond donors (Lipinski definition) is 1. The summed E-state index contributed by atoms with van der Waals surface area (Å²) in [5, 5.41) is 3.42. The van der Waals surface area contributed by atoms with Gasteiger partial charge in [-0.15, -0.1) is 0 Å². The van der Waals surface area contributed by atoms with E-state index in [0.717, 1.165) is 53.1 Å². The average Bonchev–Trinajstić information content (AvgIpc) is 3.07. The lowest BCUT2D eigenvalue weighted by Crippen LogP contribution is -2.55. The van der Waals surface area contributed by atoms with Crippen molar-refractivity contribution in [2.24, 2.45) is 0 Å². The van der Waals surface area contributed by atoms with Crippen molar-refractivity contribution in [2.45, 2.75) is 69.0 Å². The number of amides is 2. The summed E-state index contributed by atoms with van der Waals surface area (Å²) in [6, 6.07) is 31.1. The zero-order valence-corrected chi connectivity index (χ0v) is 27.6. The van der Waals surface area contributed by atoms with E-state index in [1.807, 2.05) is 61.5 Å². The summed E-state index contributed by atoms with van der Waals surface area (Å²) >= 11 is 6.55. The lowest BCUT2D eigenvalue weighted by atomic mass is 9.94.